The predicted octanol–water partition coefficient (Wildman–Crippen LogP) is 9.32. The van der Waals surface area contributed by atoms with E-state index in [4.69, 9.17) is 26.1 Å². The number of anilines is 1. The monoisotopic (exact) mass is 818 g/mol. The molecule has 0 radical (unpaired) electrons. The fourth-order valence-electron chi connectivity index (χ4n) is 8.30. The number of nitrogens with one attached hydrogen (secondary N) is 2. The molecule has 10 nitrogen and oxygen atoms in total. The zero-order valence-electron chi connectivity index (χ0n) is 34.1. The summed E-state index contributed by atoms with van der Waals surface area (Å²) < 4.78 is 78.7. The molecule has 0 bridgehead atoms. The summed E-state index contributed by atoms with van der Waals surface area (Å²) in [5.41, 5.74) is 0.480. The van der Waals surface area contributed by atoms with Gasteiger partial charge in [-0.1, -0.05) is 57.9 Å². The van der Waals surface area contributed by atoms with Crippen LogP contribution in [0, 0.1) is 24.0 Å². The molecule has 3 aliphatic heterocycles. The second-order valence-electron chi connectivity index (χ2n) is 14.9. The molecule has 2 N–H and O–H groups in total. The second-order valence-corrected chi connectivity index (χ2v) is 14.9. The van der Waals surface area contributed by atoms with Gasteiger partial charge in [0, 0.05) is 29.6 Å². The van der Waals surface area contributed by atoms with Gasteiger partial charge in [-0.25, -0.2) is 23.7 Å². The maximum absolute atomic E-state index is 17.0. The van der Waals surface area contributed by atoms with Gasteiger partial charge in [0.15, 0.2) is 11.5 Å². The molecule has 0 amide bonds. The second kappa shape index (κ2) is 18.8. The quantitative estimate of drug-likeness (QED) is 0.0849. The van der Waals surface area contributed by atoms with E-state index in [9.17, 15) is 17.6 Å². The SMILES string of the molecule is C#Cc1c(F)ccc2cccc(-c3nc4c5c(nc(OCC67CCCN6CCC7)nc5c3F)NC(CNCCC)CC[C@H]4C)c12.CC.COc1cc(C(F)(F)F)ncn1. The van der Waals surface area contributed by atoms with Gasteiger partial charge in [0.25, 0.3) is 0 Å². The van der Waals surface area contributed by atoms with E-state index in [2.05, 4.69) is 50.0 Å². The zero-order chi connectivity index (χ0) is 42.3. The van der Waals surface area contributed by atoms with Crippen molar-refractivity contribution in [1.82, 2.24) is 35.1 Å². The third kappa shape index (κ3) is 9.18. The van der Waals surface area contributed by atoms with Crippen LogP contribution in [-0.4, -0.2) is 81.3 Å². The molecule has 2 atom stereocenters. The molecule has 15 heteroatoms. The normalized spacial score (nSPS) is 18.3. The van der Waals surface area contributed by atoms with E-state index in [1.807, 2.05) is 26.0 Å². The van der Waals surface area contributed by atoms with Crippen molar-refractivity contribution in [2.45, 2.75) is 96.3 Å². The first-order chi connectivity index (χ1) is 28.5. The third-order valence-corrected chi connectivity index (χ3v) is 11.2. The van der Waals surface area contributed by atoms with Crippen LogP contribution in [-0.2, 0) is 6.18 Å². The van der Waals surface area contributed by atoms with Gasteiger partial charge in [0.05, 0.1) is 29.3 Å². The molecule has 0 saturated carbocycles. The summed E-state index contributed by atoms with van der Waals surface area (Å²) in [6.07, 6.45) is 9.36. The molecule has 5 aromatic rings. The topological polar surface area (TPSA) is 110 Å². The van der Waals surface area contributed by atoms with E-state index >= 15 is 4.39 Å². The first kappa shape index (κ1) is 43.4. The van der Waals surface area contributed by atoms with Crippen LogP contribution in [0.3, 0.4) is 0 Å². The average molecular weight is 819 g/mol. The molecular weight excluding hydrogens is 768 g/mol. The zero-order valence-corrected chi connectivity index (χ0v) is 34.1. The summed E-state index contributed by atoms with van der Waals surface area (Å²) >= 11 is 0. The van der Waals surface area contributed by atoms with Crippen molar-refractivity contribution in [3.05, 3.63) is 71.3 Å². The van der Waals surface area contributed by atoms with Crippen molar-refractivity contribution in [2.75, 3.05) is 45.2 Å². The average Bonchev–Trinajstić information content (AvgIpc) is 3.83. The minimum atomic E-state index is -4.45. The van der Waals surface area contributed by atoms with Gasteiger partial charge in [-0.15, -0.1) is 6.42 Å². The van der Waals surface area contributed by atoms with Crippen LogP contribution in [0.5, 0.6) is 11.9 Å². The lowest BCUT2D eigenvalue weighted by molar-refractivity contribution is -0.141. The van der Waals surface area contributed by atoms with Crippen molar-refractivity contribution in [3.8, 4) is 35.5 Å². The highest BCUT2D eigenvalue weighted by Crippen LogP contribution is 2.42. The van der Waals surface area contributed by atoms with E-state index in [0.717, 1.165) is 83.5 Å². The fourth-order valence-corrected chi connectivity index (χ4v) is 8.30. The molecule has 0 aliphatic carbocycles. The van der Waals surface area contributed by atoms with Gasteiger partial charge in [0.1, 0.15) is 35.8 Å². The van der Waals surface area contributed by atoms with Gasteiger partial charge in [-0.3, -0.25) is 4.90 Å². The molecule has 1 unspecified atom stereocenters. The molecule has 314 valence electrons. The predicted molar refractivity (Wildman–Crippen MR) is 220 cm³/mol. The lowest BCUT2D eigenvalue weighted by Crippen LogP contribution is -2.43. The number of fused-ring (bicyclic) bond motifs is 2. The Hall–Kier alpha value is -5.20. The van der Waals surface area contributed by atoms with Crippen LogP contribution < -0.4 is 20.1 Å². The van der Waals surface area contributed by atoms with Gasteiger partial charge < -0.3 is 20.1 Å². The molecular formula is C44H51F5N8O2. The number of ether oxygens (including phenoxy) is 2. The Bertz CT molecular complexity index is 2290. The summed E-state index contributed by atoms with van der Waals surface area (Å²) in [6, 6.07) is 9.41. The summed E-state index contributed by atoms with van der Waals surface area (Å²) in [4.78, 5) is 23.6. The number of nitrogens with zero attached hydrogens (tertiary/aromatic N) is 6. The molecule has 2 aromatic carbocycles. The molecule has 2 saturated heterocycles. The number of pyridine rings is 1. The number of aromatic nitrogens is 5. The lowest BCUT2D eigenvalue weighted by atomic mass is 9.91. The first-order valence-corrected chi connectivity index (χ1v) is 20.3. The highest BCUT2D eigenvalue weighted by atomic mass is 19.4. The Balaban J connectivity index is 0.000000358. The third-order valence-electron chi connectivity index (χ3n) is 11.2. The number of rotatable bonds is 9. The van der Waals surface area contributed by atoms with Gasteiger partial charge >= 0.3 is 12.2 Å². The highest BCUT2D eigenvalue weighted by Gasteiger charge is 2.45. The summed E-state index contributed by atoms with van der Waals surface area (Å²) in [6.45, 7) is 12.6. The maximum atomic E-state index is 17.0. The molecule has 3 aromatic heterocycles. The number of terminal acetylenes is 1. The number of methoxy groups -OCH3 is 1. The van der Waals surface area contributed by atoms with Crippen molar-refractivity contribution in [1.29, 1.82) is 0 Å². The number of halogens is 5. The van der Waals surface area contributed by atoms with E-state index in [1.54, 1.807) is 12.1 Å². The van der Waals surface area contributed by atoms with Crippen LogP contribution >= 0.6 is 0 Å². The molecule has 2 fully saturated rings. The van der Waals surface area contributed by atoms with Crippen LogP contribution in [0.4, 0.5) is 27.8 Å². The van der Waals surface area contributed by atoms with Crippen molar-refractivity contribution < 1.29 is 31.4 Å². The molecule has 59 heavy (non-hydrogen) atoms. The van der Waals surface area contributed by atoms with E-state index < -0.39 is 23.5 Å². The molecule has 8 rings (SSSR count). The van der Waals surface area contributed by atoms with Crippen molar-refractivity contribution in [3.63, 3.8) is 0 Å². The summed E-state index contributed by atoms with van der Waals surface area (Å²) in [5.74, 6) is 1.80. The van der Waals surface area contributed by atoms with Crippen LogP contribution in [0.25, 0.3) is 32.9 Å². The van der Waals surface area contributed by atoms with Crippen LogP contribution in [0.15, 0.2) is 42.7 Å². The van der Waals surface area contributed by atoms with E-state index in [0.29, 0.717) is 39.8 Å². The Kier molecular flexibility index (Phi) is 13.8. The van der Waals surface area contributed by atoms with E-state index in [1.165, 1.54) is 13.2 Å². The standard InChI is InChI=1S/C36H40F2N6O.C6H5F3N2O.C2H6/c1-4-17-39-20-24-13-11-22(3)31-29-33(42-35(43-34(29)40-24)45-21-36-15-7-18-44(36)19-8-16-36)30(38)32(41-31)26-10-6-9-23-12-14-27(37)25(5-2)28(23)26;1-12-5-2-4(6(7,8)9)10-3-11-5;1-2/h2,6,9-10,12,14,22,24,39H,4,7-8,11,13,15-21H2,1,3H3,(H,40,42,43);2-3H,1H3;1-2H3/t22-,24?;;/m1../s1. The minimum absolute atomic E-state index is 0.0000142. The van der Waals surface area contributed by atoms with Gasteiger partial charge in [0.2, 0.25) is 5.88 Å². The Morgan fingerprint density at radius 2 is 1.78 bits per heavy atom. The number of hydrogen-bond acceptors (Lipinski definition) is 10. The number of benzene rings is 2. The molecule has 3 aliphatic rings. The number of hydrogen-bond donors (Lipinski definition) is 2. The lowest BCUT2D eigenvalue weighted by Gasteiger charge is -2.31. The summed E-state index contributed by atoms with van der Waals surface area (Å²) in [7, 11) is 1.24. The maximum Gasteiger partial charge on any atom is 0.433 e. The smallest absolute Gasteiger partial charge is 0.433 e. The van der Waals surface area contributed by atoms with Crippen LogP contribution in [0.1, 0.15) is 95.5 Å². The Labute approximate surface area is 341 Å². The minimum Gasteiger partial charge on any atom is -0.481 e. The molecule has 6 heterocycles. The molecule has 0 spiro atoms. The summed E-state index contributed by atoms with van der Waals surface area (Å²) in [5, 5.41) is 8.88. The van der Waals surface area contributed by atoms with Crippen molar-refractivity contribution >= 4 is 27.5 Å². The van der Waals surface area contributed by atoms with Crippen LogP contribution in [0.2, 0.25) is 0 Å². The highest BCUT2D eigenvalue weighted by molar-refractivity contribution is 6.02. The number of alkyl halides is 3. The largest absolute Gasteiger partial charge is 0.481 e. The van der Waals surface area contributed by atoms with Gasteiger partial charge in [-0.2, -0.15) is 23.1 Å². The van der Waals surface area contributed by atoms with Crippen molar-refractivity contribution in [2.24, 2.45) is 0 Å². The Morgan fingerprint density at radius 1 is 1.02 bits per heavy atom. The fraction of sp³-hybridized carbons (Fsp3) is 0.477. The Morgan fingerprint density at radius 3 is 2.47 bits per heavy atom. The van der Waals surface area contributed by atoms with E-state index in [-0.39, 0.29) is 46.2 Å². The van der Waals surface area contributed by atoms with Gasteiger partial charge in [-0.05, 0) is 82.0 Å². The first-order valence-electron chi connectivity index (χ1n) is 20.3.